The van der Waals surface area contributed by atoms with Crippen molar-refractivity contribution < 1.29 is 0 Å². The monoisotopic (exact) mass is 491 g/mol. The quantitative estimate of drug-likeness (QED) is 0.279. The summed E-state index contributed by atoms with van der Waals surface area (Å²) >= 11 is 3.42. The van der Waals surface area contributed by atoms with E-state index in [0.717, 1.165) is 23.3 Å². The highest BCUT2D eigenvalue weighted by Crippen LogP contribution is 2.21. The number of nitrogens with zero attached hydrogens (tertiary/aromatic N) is 3. The molecule has 0 saturated carbocycles. The molecule has 0 radical (unpaired) electrons. The summed E-state index contributed by atoms with van der Waals surface area (Å²) < 4.78 is 0. The average molecular weight is 491 g/mol. The zero-order valence-corrected chi connectivity index (χ0v) is 19.3. The minimum absolute atomic E-state index is 0. The van der Waals surface area contributed by atoms with Crippen molar-refractivity contribution in [2.24, 2.45) is 4.99 Å². The maximum absolute atomic E-state index is 4.57. The van der Waals surface area contributed by atoms with Crippen molar-refractivity contribution in [2.75, 3.05) is 32.3 Å². The van der Waals surface area contributed by atoms with Gasteiger partial charge in [-0.3, -0.25) is 4.99 Å². The summed E-state index contributed by atoms with van der Waals surface area (Å²) in [6.07, 6.45) is 2.11. The van der Waals surface area contributed by atoms with Crippen molar-refractivity contribution in [1.82, 2.24) is 15.6 Å². The van der Waals surface area contributed by atoms with Gasteiger partial charge in [-0.25, -0.2) is 4.98 Å². The fraction of sp³-hybridized carbons (Fsp3) is 0.412. The Morgan fingerprint density at radius 2 is 2.00 bits per heavy atom. The fourth-order valence-electron chi connectivity index (χ4n) is 2.15. The highest BCUT2D eigenvalue weighted by atomic mass is 127. The van der Waals surface area contributed by atoms with Crippen molar-refractivity contribution >= 4 is 58.2 Å². The van der Waals surface area contributed by atoms with Gasteiger partial charge in [0.15, 0.2) is 11.1 Å². The number of hydrogen-bond acceptors (Lipinski definition) is 5. The van der Waals surface area contributed by atoms with E-state index in [0.29, 0.717) is 6.54 Å². The maximum Gasteiger partial charge on any atom is 0.191 e. The van der Waals surface area contributed by atoms with Gasteiger partial charge in [0, 0.05) is 38.0 Å². The van der Waals surface area contributed by atoms with Crippen molar-refractivity contribution in [2.45, 2.75) is 24.9 Å². The maximum atomic E-state index is 4.57. The van der Waals surface area contributed by atoms with Gasteiger partial charge in [0.1, 0.15) is 0 Å². The van der Waals surface area contributed by atoms with Gasteiger partial charge in [-0.15, -0.1) is 47.1 Å². The largest absolute Gasteiger partial charge is 0.354 e. The molecule has 0 spiro atoms. The SMILES string of the molecule is CN=C(NCc1csc(N(C)C)n1)NCc1ccc(C)cc1SC.I. The fourth-order valence-corrected chi connectivity index (χ4v) is 3.62. The van der Waals surface area contributed by atoms with Crippen LogP contribution in [0.2, 0.25) is 0 Å². The molecule has 0 atom stereocenters. The lowest BCUT2D eigenvalue weighted by molar-refractivity contribution is 0.791. The second-order valence-corrected chi connectivity index (χ2v) is 7.30. The minimum Gasteiger partial charge on any atom is -0.354 e. The van der Waals surface area contributed by atoms with E-state index in [2.05, 4.69) is 57.4 Å². The molecule has 5 nitrogen and oxygen atoms in total. The average Bonchev–Trinajstić information content (AvgIpc) is 3.05. The number of anilines is 1. The Balaban J connectivity index is 0.00000312. The molecule has 0 unspecified atom stereocenters. The van der Waals surface area contributed by atoms with Gasteiger partial charge >= 0.3 is 0 Å². The molecule has 0 saturated heterocycles. The molecule has 1 aromatic heterocycles. The van der Waals surface area contributed by atoms with Gasteiger partial charge in [0.25, 0.3) is 0 Å². The third kappa shape index (κ3) is 6.67. The molecule has 0 aliphatic heterocycles. The van der Waals surface area contributed by atoms with Crippen molar-refractivity contribution in [3.63, 3.8) is 0 Å². The number of aryl methyl sites for hydroxylation is 1. The van der Waals surface area contributed by atoms with Crippen LogP contribution in [0.4, 0.5) is 5.13 Å². The molecule has 0 aliphatic carbocycles. The molecule has 2 aromatic rings. The second-order valence-electron chi connectivity index (χ2n) is 5.61. The lowest BCUT2D eigenvalue weighted by atomic mass is 10.1. The molecule has 0 amide bonds. The molecular weight excluding hydrogens is 465 g/mol. The Bertz CT molecular complexity index is 700. The highest BCUT2D eigenvalue weighted by molar-refractivity contribution is 14.0. The number of hydrogen-bond donors (Lipinski definition) is 2. The molecule has 1 aromatic carbocycles. The summed E-state index contributed by atoms with van der Waals surface area (Å²) in [7, 11) is 5.79. The van der Waals surface area contributed by atoms with E-state index in [9.17, 15) is 0 Å². The number of guanidine groups is 1. The Hall–Kier alpha value is -1.000. The predicted molar refractivity (Wildman–Crippen MR) is 122 cm³/mol. The van der Waals surface area contributed by atoms with Gasteiger partial charge in [0.05, 0.1) is 12.2 Å². The number of halogens is 1. The van der Waals surface area contributed by atoms with Gasteiger partial charge in [-0.05, 0) is 30.4 Å². The zero-order valence-electron chi connectivity index (χ0n) is 15.3. The summed E-state index contributed by atoms with van der Waals surface area (Å²) in [6.45, 7) is 3.52. The first-order valence-corrected chi connectivity index (χ1v) is 9.83. The minimum atomic E-state index is 0. The Morgan fingerprint density at radius 1 is 1.28 bits per heavy atom. The first-order valence-electron chi connectivity index (χ1n) is 7.73. The van der Waals surface area contributed by atoms with E-state index in [-0.39, 0.29) is 24.0 Å². The number of benzene rings is 1. The van der Waals surface area contributed by atoms with E-state index in [1.807, 2.05) is 19.0 Å². The van der Waals surface area contributed by atoms with Gasteiger partial charge in [-0.1, -0.05) is 12.1 Å². The lowest BCUT2D eigenvalue weighted by Gasteiger charge is -2.13. The summed E-state index contributed by atoms with van der Waals surface area (Å²) in [5.74, 6) is 0.780. The molecule has 138 valence electrons. The molecule has 2 rings (SSSR count). The Morgan fingerprint density at radius 3 is 2.60 bits per heavy atom. The van der Waals surface area contributed by atoms with Crippen molar-refractivity contribution in [3.8, 4) is 0 Å². The van der Waals surface area contributed by atoms with Crippen molar-refractivity contribution in [3.05, 3.63) is 40.4 Å². The predicted octanol–water partition coefficient (Wildman–Crippen LogP) is 3.72. The van der Waals surface area contributed by atoms with Crippen LogP contribution in [-0.2, 0) is 13.1 Å². The third-order valence-electron chi connectivity index (χ3n) is 3.47. The van der Waals surface area contributed by atoms with Gasteiger partial charge < -0.3 is 15.5 Å². The third-order valence-corrected chi connectivity index (χ3v) is 5.35. The molecule has 0 fully saturated rings. The Labute approximate surface area is 175 Å². The van der Waals surface area contributed by atoms with Crippen LogP contribution >= 0.6 is 47.1 Å². The molecule has 0 bridgehead atoms. The van der Waals surface area contributed by atoms with E-state index in [1.165, 1.54) is 16.0 Å². The molecule has 0 aliphatic rings. The van der Waals surface area contributed by atoms with Crippen LogP contribution in [0.25, 0.3) is 0 Å². The van der Waals surface area contributed by atoms with E-state index in [1.54, 1.807) is 30.1 Å². The first kappa shape index (κ1) is 22.0. The van der Waals surface area contributed by atoms with E-state index < -0.39 is 0 Å². The van der Waals surface area contributed by atoms with Crippen LogP contribution < -0.4 is 15.5 Å². The van der Waals surface area contributed by atoms with Gasteiger partial charge in [0.2, 0.25) is 0 Å². The number of aromatic nitrogens is 1. The summed E-state index contributed by atoms with van der Waals surface area (Å²) in [6, 6.07) is 6.53. The van der Waals surface area contributed by atoms with Crippen molar-refractivity contribution in [1.29, 1.82) is 0 Å². The highest BCUT2D eigenvalue weighted by Gasteiger charge is 2.06. The topological polar surface area (TPSA) is 52.6 Å². The van der Waals surface area contributed by atoms with Gasteiger partial charge in [-0.2, -0.15) is 0 Å². The second kappa shape index (κ2) is 10.9. The van der Waals surface area contributed by atoms with Crippen LogP contribution in [0.1, 0.15) is 16.8 Å². The number of thioether (sulfide) groups is 1. The van der Waals surface area contributed by atoms with Crippen LogP contribution in [-0.4, -0.2) is 38.3 Å². The smallest absolute Gasteiger partial charge is 0.191 e. The number of rotatable bonds is 6. The molecular formula is C17H26IN5S2. The normalized spacial score (nSPS) is 11.0. The summed E-state index contributed by atoms with van der Waals surface area (Å²) in [5.41, 5.74) is 3.58. The van der Waals surface area contributed by atoms with E-state index in [4.69, 9.17) is 0 Å². The number of aliphatic imine (C=N–C) groups is 1. The van der Waals surface area contributed by atoms with Crippen LogP contribution in [0.3, 0.4) is 0 Å². The summed E-state index contributed by atoms with van der Waals surface area (Å²) in [4.78, 5) is 12.2. The molecule has 1 heterocycles. The van der Waals surface area contributed by atoms with Crippen LogP contribution in [0, 0.1) is 6.92 Å². The Kier molecular flexibility index (Phi) is 9.58. The zero-order chi connectivity index (χ0) is 17.5. The number of thiazole rings is 1. The van der Waals surface area contributed by atoms with Crippen LogP contribution in [0.5, 0.6) is 0 Å². The molecule has 2 N–H and O–H groups in total. The van der Waals surface area contributed by atoms with E-state index >= 15 is 0 Å². The van der Waals surface area contributed by atoms with Crippen LogP contribution in [0.15, 0.2) is 33.5 Å². The standard InChI is InChI=1S/C17H25N5S2.HI/c1-12-6-7-13(15(8-12)23-5)9-19-16(18-2)20-10-14-11-24-17(21-14)22(3)4;/h6-8,11H,9-10H2,1-5H3,(H2,18,19,20);1H. The molecule has 25 heavy (non-hydrogen) atoms. The molecule has 8 heteroatoms. The first-order chi connectivity index (χ1) is 11.5. The number of nitrogens with one attached hydrogen (secondary N) is 2. The lowest BCUT2D eigenvalue weighted by Crippen LogP contribution is -2.36. The summed E-state index contributed by atoms with van der Waals surface area (Å²) in [5, 5.41) is 9.77.